The third-order valence-corrected chi connectivity index (χ3v) is 6.30. The standard InChI is InChI=1S/C22H21ClN4O2S/c23-16-5-6-19-18(13-16)26-22(29-19)15-7-10-27(11-8-15)14-21(28)25-17-3-1-2-4-20(17)30-12-9-24/h1-6,13,15H,7-8,10-12,14H2,(H,25,28). The van der Waals surface area contributed by atoms with E-state index in [0.717, 1.165) is 53.5 Å². The molecular formula is C22H21ClN4O2S. The van der Waals surface area contributed by atoms with Gasteiger partial charge in [0.05, 0.1) is 24.1 Å². The number of hydrogen-bond acceptors (Lipinski definition) is 6. The normalized spacial score (nSPS) is 15.2. The van der Waals surface area contributed by atoms with Gasteiger partial charge in [0.2, 0.25) is 5.91 Å². The number of benzene rings is 2. The number of likely N-dealkylation sites (tertiary alicyclic amines) is 1. The Morgan fingerprint density at radius 1 is 1.30 bits per heavy atom. The molecule has 0 bridgehead atoms. The third kappa shape index (κ3) is 4.96. The van der Waals surface area contributed by atoms with E-state index >= 15 is 0 Å². The van der Waals surface area contributed by atoms with E-state index in [2.05, 4.69) is 21.3 Å². The predicted molar refractivity (Wildman–Crippen MR) is 119 cm³/mol. The van der Waals surface area contributed by atoms with Gasteiger partial charge in [-0.1, -0.05) is 23.7 Å². The van der Waals surface area contributed by atoms with Gasteiger partial charge >= 0.3 is 0 Å². The number of rotatable bonds is 6. The average Bonchev–Trinajstić information content (AvgIpc) is 3.17. The molecule has 0 atom stereocenters. The molecule has 1 amide bonds. The minimum Gasteiger partial charge on any atom is -0.440 e. The van der Waals surface area contributed by atoms with Crippen molar-refractivity contribution in [3.05, 3.63) is 53.4 Å². The fourth-order valence-corrected chi connectivity index (χ4v) is 4.47. The van der Waals surface area contributed by atoms with Gasteiger partial charge in [-0.15, -0.1) is 11.8 Å². The summed E-state index contributed by atoms with van der Waals surface area (Å²) < 4.78 is 5.91. The fourth-order valence-electron chi connectivity index (χ4n) is 3.63. The molecule has 6 nitrogen and oxygen atoms in total. The number of nitriles is 1. The van der Waals surface area contributed by atoms with E-state index in [4.69, 9.17) is 21.3 Å². The van der Waals surface area contributed by atoms with Crippen LogP contribution < -0.4 is 5.32 Å². The monoisotopic (exact) mass is 440 g/mol. The highest BCUT2D eigenvalue weighted by atomic mass is 35.5. The number of nitrogens with zero attached hydrogens (tertiary/aromatic N) is 3. The van der Waals surface area contributed by atoms with E-state index in [1.165, 1.54) is 11.8 Å². The van der Waals surface area contributed by atoms with Gasteiger partial charge in [-0.3, -0.25) is 9.69 Å². The Labute approximate surface area is 184 Å². The Bertz CT molecular complexity index is 1090. The summed E-state index contributed by atoms with van der Waals surface area (Å²) in [4.78, 5) is 20.2. The van der Waals surface area contributed by atoms with Gasteiger partial charge in [0.1, 0.15) is 5.52 Å². The maximum atomic E-state index is 12.5. The fraction of sp³-hybridized carbons (Fsp3) is 0.318. The lowest BCUT2D eigenvalue weighted by molar-refractivity contribution is -0.117. The van der Waals surface area contributed by atoms with Gasteiger partial charge in [-0.25, -0.2) is 4.98 Å². The van der Waals surface area contributed by atoms with E-state index in [1.807, 2.05) is 36.4 Å². The van der Waals surface area contributed by atoms with Crippen molar-refractivity contribution in [3.63, 3.8) is 0 Å². The molecule has 0 saturated carbocycles. The van der Waals surface area contributed by atoms with Gasteiger partial charge < -0.3 is 9.73 Å². The molecule has 2 aromatic carbocycles. The van der Waals surface area contributed by atoms with E-state index in [0.29, 0.717) is 17.3 Å². The van der Waals surface area contributed by atoms with Crippen LogP contribution in [-0.4, -0.2) is 41.2 Å². The lowest BCUT2D eigenvalue weighted by atomic mass is 9.97. The van der Waals surface area contributed by atoms with Crippen LogP contribution in [0.3, 0.4) is 0 Å². The highest BCUT2D eigenvalue weighted by molar-refractivity contribution is 7.99. The zero-order valence-electron chi connectivity index (χ0n) is 16.3. The summed E-state index contributed by atoms with van der Waals surface area (Å²) in [6, 6.07) is 15.1. The molecule has 0 aliphatic carbocycles. The molecule has 154 valence electrons. The topological polar surface area (TPSA) is 82.2 Å². The molecule has 1 saturated heterocycles. The van der Waals surface area contributed by atoms with E-state index in [9.17, 15) is 4.79 Å². The third-order valence-electron chi connectivity index (χ3n) is 5.12. The number of aromatic nitrogens is 1. The highest BCUT2D eigenvalue weighted by Crippen LogP contribution is 2.31. The quantitative estimate of drug-likeness (QED) is 0.548. The van der Waals surface area contributed by atoms with Crippen LogP contribution in [0.5, 0.6) is 0 Å². The minimum atomic E-state index is -0.0463. The Hall–Kier alpha value is -2.53. The number of para-hydroxylation sites is 1. The van der Waals surface area contributed by atoms with Crippen molar-refractivity contribution in [1.29, 1.82) is 5.26 Å². The Morgan fingerprint density at radius 3 is 2.90 bits per heavy atom. The molecule has 1 aromatic heterocycles. The second-order valence-corrected chi connectivity index (χ2v) is 8.66. The number of amides is 1. The van der Waals surface area contributed by atoms with Crippen molar-refractivity contribution >= 4 is 46.1 Å². The zero-order valence-corrected chi connectivity index (χ0v) is 17.9. The van der Waals surface area contributed by atoms with Crippen LogP contribution in [0.1, 0.15) is 24.7 Å². The van der Waals surface area contributed by atoms with E-state index < -0.39 is 0 Å². The van der Waals surface area contributed by atoms with Crippen LogP contribution in [0.15, 0.2) is 51.8 Å². The Kier molecular flexibility index (Phi) is 6.58. The zero-order chi connectivity index (χ0) is 20.9. The summed E-state index contributed by atoms with van der Waals surface area (Å²) in [6.07, 6.45) is 1.78. The number of thioether (sulfide) groups is 1. The van der Waals surface area contributed by atoms with Gasteiger partial charge in [-0.05, 0) is 56.3 Å². The van der Waals surface area contributed by atoms with Crippen LogP contribution in [0.2, 0.25) is 5.02 Å². The Balaban J connectivity index is 1.31. The lowest BCUT2D eigenvalue weighted by Crippen LogP contribution is -2.38. The first-order valence-electron chi connectivity index (χ1n) is 9.79. The van der Waals surface area contributed by atoms with Gasteiger partial charge in [0, 0.05) is 15.8 Å². The second kappa shape index (κ2) is 9.52. The predicted octanol–water partition coefficient (Wildman–Crippen LogP) is 4.91. The first kappa shape index (κ1) is 20.7. The number of halogens is 1. The summed E-state index contributed by atoms with van der Waals surface area (Å²) in [7, 11) is 0. The second-order valence-electron chi connectivity index (χ2n) is 7.21. The van der Waals surface area contributed by atoms with Gasteiger partial charge in [0.25, 0.3) is 0 Å². The molecule has 1 aliphatic rings. The Morgan fingerprint density at radius 2 is 2.10 bits per heavy atom. The van der Waals surface area contributed by atoms with E-state index in [-0.39, 0.29) is 11.8 Å². The molecule has 3 aromatic rings. The number of anilines is 1. The van der Waals surface area contributed by atoms with Crippen LogP contribution in [0.4, 0.5) is 5.69 Å². The molecule has 1 fully saturated rings. The molecule has 30 heavy (non-hydrogen) atoms. The van der Waals surface area contributed by atoms with Crippen molar-refractivity contribution in [2.75, 3.05) is 30.7 Å². The molecule has 0 unspecified atom stereocenters. The SMILES string of the molecule is N#CCSc1ccccc1NC(=O)CN1CCC(c2nc3cc(Cl)ccc3o2)CC1. The summed E-state index contributed by atoms with van der Waals surface area (Å²) in [6.45, 7) is 1.96. The van der Waals surface area contributed by atoms with Crippen molar-refractivity contribution in [3.8, 4) is 6.07 Å². The average molecular weight is 441 g/mol. The lowest BCUT2D eigenvalue weighted by Gasteiger charge is -2.30. The first-order chi connectivity index (χ1) is 14.6. The molecule has 8 heteroatoms. The van der Waals surface area contributed by atoms with Crippen molar-refractivity contribution in [1.82, 2.24) is 9.88 Å². The van der Waals surface area contributed by atoms with Crippen LogP contribution >= 0.6 is 23.4 Å². The van der Waals surface area contributed by atoms with Gasteiger partial charge in [-0.2, -0.15) is 5.26 Å². The number of hydrogen-bond donors (Lipinski definition) is 1. The number of nitrogens with one attached hydrogen (secondary N) is 1. The molecule has 4 rings (SSSR count). The molecule has 1 N–H and O–H groups in total. The number of oxazole rings is 1. The summed E-state index contributed by atoms with van der Waals surface area (Å²) in [5.74, 6) is 1.30. The van der Waals surface area contributed by atoms with Crippen LogP contribution in [0.25, 0.3) is 11.1 Å². The minimum absolute atomic E-state index is 0.0463. The molecule has 1 aliphatic heterocycles. The molecular weight excluding hydrogens is 420 g/mol. The summed E-state index contributed by atoms with van der Waals surface area (Å²) in [5.41, 5.74) is 2.29. The first-order valence-corrected chi connectivity index (χ1v) is 11.2. The van der Waals surface area contributed by atoms with Crippen molar-refractivity contribution in [2.24, 2.45) is 0 Å². The van der Waals surface area contributed by atoms with Crippen LogP contribution in [0, 0.1) is 11.3 Å². The van der Waals surface area contributed by atoms with Gasteiger partial charge in [0.15, 0.2) is 11.5 Å². The number of piperidine rings is 1. The number of fused-ring (bicyclic) bond motifs is 1. The number of carbonyl (C=O) groups is 1. The van der Waals surface area contributed by atoms with Crippen LogP contribution in [-0.2, 0) is 4.79 Å². The van der Waals surface area contributed by atoms with Crippen molar-refractivity contribution < 1.29 is 9.21 Å². The largest absolute Gasteiger partial charge is 0.440 e. The van der Waals surface area contributed by atoms with Crippen molar-refractivity contribution in [2.45, 2.75) is 23.7 Å². The molecule has 0 radical (unpaired) electrons. The maximum Gasteiger partial charge on any atom is 0.238 e. The summed E-state index contributed by atoms with van der Waals surface area (Å²) >= 11 is 7.45. The summed E-state index contributed by atoms with van der Waals surface area (Å²) in [5, 5.41) is 12.4. The number of carbonyl (C=O) groups excluding carboxylic acids is 1. The smallest absolute Gasteiger partial charge is 0.238 e. The van der Waals surface area contributed by atoms with E-state index in [1.54, 1.807) is 6.07 Å². The molecule has 2 heterocycles. The maximum absolute atomic E-state index is 12.5. The highest BCUT2D eigenvalue weighted by Gasteiger charge is 2.26. The molecule has 0 spiro atoms.